The smallest absolute Gasteiger partial charge is 0.417 e. The number of carbonyl (C=O) groups is 2. The second-order valence-electron chi connectivity index (χ2n) is 4.79. The van der Waals surface area contributed by atoms with Gasteiger partial charge in [0.25, 0.3) is 0 Å². The number of carboxylic acid groups (broad SMARTS) is 1. The molecule has 2 unspecified atom stereocenters. The van der Waals surface area contributed by atoms with Gasteiger partial charge in [-0.2, -0.15) is 13.2 Å². The lowest BCUT2D eigenvalue weighted by Crippen LogP contribution is -2.64. The number of amides is 1. The van der Waals surface area contributed by atoms with Gasteiger partial charge in [0.05, 0.1) is 6.04 Å². The highest BCUT2D eigenvalue weighted by atomic mass is 19.4. The van der Waals surface area contributed by atoms with Gasteiger partial charge < -0.3 is 10.4 Å². The van der Waals surface area contributed by atoms with Crippen LogP contribution >= 0.6 is 0 Å². The maximum Gasteiger partial charge on any atom is 0.417 e. The number of carbonyl (C=O) groups excluding carboxylic acids is 1. The number of halogens is 3. The molecule has 0 radical (unpaired) electrons. The lowest BCUT2D eigenvalue weighted by Gasteiger charge is -2.31. The van der Waals surface area contributed by atoms with Gasteiger partial charge >= 0.3 is 12.1 Å². The van der Waals surface area contributed by atoms with Crippen molar-refractivity contribution in [2.45, 2.75) is 57.8 Å². The summed E-state index contributed by atoms with van der Waals surface area (Å²) in [6.45, 7) is 4.03. The van der Waals surface area contributed by atoms with Crippen molar-refractivity contribution in [2.75, 3.05) is 6.54 Å². The molecule has 0 saturated carbocycles. The minimum atomic E-state index is -5.00. The monoisotopic (exact) mass is 298 g/mol. The van der Waals surface area contributed by atoms with Gasteiger partial charge in [-0.3, -0.25) is 10.1 Å². The summed E-state index contributed by atoms with van der Waals surface area (Å²) < 4.78 is 38.3. The van der Waals surface area contributed by atoms with Crippen molar-refractivity contribution in [3.05, 3.63) is 0 Å². The third-order valence-electron chi connectivity index (χ3n) is 2.97. The molecule has 0 rings (SSSR count). The van der Waals surface area contributed by atoms with Gasteiger partial charge in [0, 0.05) is 6.54 Å². The average molecular weight is 298 g/mol. The highest BCUT2D eigenvalue weighted by Crippen LogP contribution is 2.30. The molecular formula is C12H21F3N2O3. The molecule has 2 atom stereocenters. The lowest BCUT2D eigenvalue weighted by atomic mass is 10.0. The standard InChI is InChI=1S/C12H21F3N2O3/c1-4-5-6-7-16-9(18)8(2)17-11(3,10(19)20)12(13,14)15/h8,17H,4-7H2,1-3H3,(H,16,18)(H,19,20). The Morgan fingerprint density at radius 2 is 1.80 bits per heavy atom. The van der Waals surface area contributed by atoms with Gasteiger partial charge in [-0.25, -0.2) is 4.79 Å². The maximum absolute atomic E-state index is 12.8. The molecule has 0 bridgehead atoms. The van der Waals surface area contributed by atoms with Gasteiger partial charge in [-0.1, -0.05) is 19.8 Å². The number of nitrogens with one attached hydrogen (secondary N) is 2. The molecule has 5 nitrogen and oxygen atoms in total. The van der Waals surface area contributed by atoms with E-state index in [-0.39, 0.29) is 0 Å². The van der Waals surface area contributed by atoms with Crippen LogP contribution in [0, 0.1) is 0 Å². The molecule has 0 aromatic rings. The largest absolute Gasteiger partial charge is 0.480 e. The van der Waals surface area contributed by atoms with Gasteiger partial charge in [-0.05, 0) is 20.3 Å². The van der Waals surface area contributed by atoms with Crippen molar-refractivity contribution in [3.63, 3.8) is 0 Å². The van der Waals surface area contributed by atoms with Crippen LogP contribution in [0.4, 0.5) is 13.2 Å². The number of unbranched alkanes of at least 4 members (excludes halogenated alkanes) is 2. The zero-order chi connectivity index (χ0) is 16.0. The highest BCUT2D eigenvalue weighted by molar-refractivity contribution is 5.84. The number of hydrogen-bond acceptors (Lipinski definition) is 3. The van der Waals surface area contributed by atoms with Crippen molar-refractivity contribution in [1.29, 1.82) is 0 Å². The van der Waals surface area contributed by atoms with Crippen LogP contribution in [0.2, 0.25) is 0 Å². The zero-order valence-corrected chi connectivity index (χ0v) is 11.8. The maximum atomic E-state index is 12.8. The van der Waals surface area contributed by atoms with E-state index in [1.165, 1.54) is 6.92 Å². The number of alkyl halides is 3. The third-order valence-corrected chi connectivity index (χ3v) is 2.97. The van der Waals surface area contributed by atoms with E-state index >= 15 is 0 Å². The van der Waals surface area contributed by atoms with Crippen molar-refractivity contribution < 1.29 is 27.9 Å². The van der Waals surface area contributed by atoms with Crippen molar-refractivity contribution >= 4 is 11.9 Å². The first-order valence-corrected chi connectivity index (χ1v) is 6.41. The van der Waals surface area contributed by atoms with E-state index in [0.717, 1.165) is 19.3 Å². The van der Waals surface area contributed by atoms with Crippen LogP contribution in [0.1, 0.15) is 40.0 Å². The molecule has 0 saturated heterocycles. The molecule has 0 heterocycles. The molecule has 8 heteroatoms. The first-order chi connectivity index (χ1) is 9.06. The van der Waals surface area contributed by atoms with Crippen LogP contribution in [-0.4, -0.2) is 41.3 Å². The minimum absolute atomic E-state index is 0.356. The van der Waals surface area contributed by atoms with Gasteiger partial charge in [0.1, 0.15) is 0 Å². The minimum Gasteiger partial charge on any atom is -0.480 e. The Morgan fingerprint density at radius 1 is 1.25 bits per heavy atom. The van der Waals surface area contributed by atoms with Crippen LogP contribution < -0.4 is 10.6 Å². The average Bonchev–Trinajstić information content (AvgIpc) is 2.32. The van der Waals surface area contributed by atoms with Gasteiger partial charge in [-0.15, -0.1) is 0 Å². The fourth-order valence-corrected chi connectivity index (χ4v) is 1.50. The Hall–Kier alpha value is -1.31. The van der Waals surface area contributed by atoms with E-state index < -0.39 is 29.6 Å². The topological polar surface area (TPSA) is 78.4 Å². The normalized spacial score (nSPS) is 16.3. The molecule has 0 spiro atoms. The molecule has 1 amide bonds. The van der Waals surface area contributed by atoms with Crippen LogP contribution in [-0.2, 0) is 9.59 Å². The van der Waals surface area contributed by atoms with Crippen LogP contribution in [0.15, 0.2) is 0 Å². The predicted molar refractivity (Wildman–Crippen MR) is 67.2 cm³/mol. The summed E-state index contributed by atoms with van der Waals surface area (Å²) in [6.07, 6.45) is -2.42. The Labute approximate surface area is 115 Å². The molecule has 0 aliphatic heterocycles. The quantitative estimate of drug-likeness (QED) is 0.596. The lowest BCUT2D eigenvalue weighted by molar-refractivity contribution is -0.207. The summed E-state index contributed by atoms with van der Waals surface area (Å²) >= 11 is 0. The first-order valence-electron chi connectivity index (χ1n) is 6.41. The molecule has 0 aromatic carbocycles. The summed E-state index contributed by atoms with van der Waals surface area (Å²) in [5, 5.41) is 13.0. The fourth-order valence-electron chi connectivity index (χ4n) is 1.50. The molecule has 118 valence electrons. The predicted octanol–water partition coefficient (Wildman–Crippen LogP) is 1.68. The summed E-state index contributed by atoms with van der Waals surface area (Å²) in [6, 6.07) is -1.26. The summed E-state index contributed by atoms with van der Waals surface area (Å²) in [7, 11) is 0. The summed E-state index contributed by atoms with van der Waals surface area (Å²) in [4.78, 5) is 22.4. The molecular weight excluding hydrogens is 277 g/mol. The first kappa shape index (κ1) is 18.7. The molecule has 0 aromatic heterocycles. The van der Waals surface area contributed by atoms with E-state index in [4.69, 9.17) is 5.11 Å². The number of aliphatic carboxylic acids is 1. The van der Waals surface area contributed by atoms with E-state index in [9.17, 15) is 22.8 Å². The number of carboxylic acids is 1. The van der Waals surface area contributed by atoms with Gasteiger partial charge in [0.15, 0.2) is 0 Å². The third kappa shape index (κ3) is 4.99. The van der Waals surface area contributed by atoms with Crippen molar-refractivity contribution in [3.8, 4) is 0 Å². The molecule has 3 N–H and O–H groups in total. The van der Waals surface area contributed by atoms with E-state index in [1.807, 2.05) is 12.2 Å². The van der Waals surface area contributed by atoms with Crippen LogP contribution in [0.25, 0.3) is 0 Å². The molecule has 0 aliphatic carbocycles. The van der Waals surface area contributed by atoms with E-state index in [1.54, 1.807) is 0 Å². The van der Waals surface area contributed by atoms with E-state index in [0.29, 0.717) is 13.5 Å². The summed E-state index contributed by atoms with van der Waals surface area (Å²) in [5.41, 5.74) is -3.16. The second-order valence-corrected chi connectivity index (χ2v) is 4.79. The number of rotatable bonds is 8. The summed E-state index contributed by atoms with van der Waals surface area (Å²) in [5.74, 6) is -2.73. The van der Waals surface area contributed by atoms with Gasteiger partial charge in [0.2, 0.25) is 11.4 Å². The van der Waals surface area contributed by atoms with Crippen molar-refractivity contribution in [2.24, 2.45) is 0 Å². The van der Waals surface area contributed by atoms with Crippen LogP contribution in [0.3, 0.4) is 0 Å². The molecule has 0 fully saturated rings. The Kier molecular flexibility index (Phi) is 6.98. The molecule has 20 heavy (non-hydrogen) atoms. The van der Waals surface area contributed by atoms with Crippen molar-refractivity contribution in [1.82, 2.24) is 10.6 Å². The van der Waals surface area contributed by atoms with Crippen LogP contribution in [0.5, 0.6) is 0 Å². The Balaban J connectivity index is 4.58. The van der Waals surface area contributed by atoms with E-state index in [2.05, 4.69) is 5.32 Å². The molecule has 0 aliphatic rings. The Bertz CT molecular complexity index is 347. The SMILES string of the molecule is CCCCCNC(=O)C(C)NC(C)(C(=O)O)C(F)(F)F. The Morgan fingerprint density at radius 3 is 2.20 bits per heavy atom. The second kappa shape index (κ2) is 7.47. The fraction of sp³-hybridized carbons (Fsp3) is 0.833. The zero-order valence-electron chi connectivity index (χ0n) is 11.8. The number of hydrogen-bond donors (Lipinski definition) is 3. The highest BCUT2D eigenvalue weighted by Gasteiger charge is 2.58.